The van der Waals surface area contributed by atoms with Crippen molar-refractivity contribution in [2.45, 2.75) is 40.0 Å². The summed E-state index contributed by atoms with van der Waals surface area (Å²) in [6.45, 7) is 6.45. The molecular formula is C9H18O3. The Morgan fingerprint density at radius 2 is 2.08 bits per heavy atom. The topological polar surface area (TPSA) is 46.5 Å². The van der Waals surface area contributed by atoms with Crippen LogP contribution in [0.25, 0.3) is 0 Å². The molecule has 0 aliphatic rings. The minimum Gasteiger partial charge on any atom is -0.450 e. The van der Waals surface area contributed by atoms with E-state index in [0.29, 0.717) is 6.61 Å². The van der Waals surface area contributed by atoms with Crippen LogP contribution in [0.4, 0.5) is 4.79 Å². The Labute approximate surface area is 73.7 Å². The van der Waals surface area contributed by atoms with Crippen molar-refractivity contribution in [3.8, 4) is 0 Å². The van der Waals surface area contributed by atoms with Gasteiger partial charge in [0.2, 0.25) is 0 Å². The van der Waals surface area contributed by atoms with Gasteiger partial charge in [-0.05, 0) is 11.8 Å². The monoisotopic (exact) mass is 174 g/mol. The summed E-state index contributed by atoms with van der Waals surface area (Å²) in [5.74, 6) is 0. The molecule has 0 saturated carbocycles. The number of hydrogen-bond acceptors (Lipinski definition) is 2. The van der Waals surface area contributed by atoms with Gasteiger partial charge in [0, 0.05) is 0 Å². The summed E-state index contributed by atoms with van der Waals surface area (Å²) in [6.07, 6.45) is 2.09. The summed E-state index contributed by atoms with van der Waals surface area (Å²) in [5, 5.41) is 8.28. The Balaban J connectivity index is 3.63. The van der Waals surface area contributed by atoms with Gasteiger partial charge in [-0.15, -0.1) is 0 Å². The van der Waals surface area contributed by atoms with Crippen LogP contribution in [0.3, 0.4) is 0 Å². The molecule has 0 saturated heterocycles. The van der Waals surface area contributed by atoms with Crippen molar-refractivity contribution in [3.05, 3.63) is 0 Å². The highest BCUT2D eigenvalue weighted by Gasteiger charge is 2.19. The molecule has 3 nitrogen and oxygen atoms in total. The Morgan fingerprint density at radius 3 is 2.50 bits per heavy atom. The van der Waals surface area contributed by atoms with Crippen molar-refractivity contribution in [1.82, 2.24) is 0 Å². The third kappa shape index (κ3) is 6.01. The zero-order valence-corrected chi connectivity index (χ0v) is 8.09. The third-order valence-corrected chi connectivity index (χ3v) is 1.79. The number of hydrogen-bond donors (Lipinski definition) is 1. The number of rotatable bonds is 5. The van der Waals surface area contributed by atoms with Crippen LogP contribution in [-0.2, 0) is 4.74 Å². The molecule has 0 aromatic carbocycles. The van der Waals surface area contributed by atoms with Gasteiger partial charge in [-0.25, -0.2) is 4.79 Å². The van der Waals surface area contributed by atoms with E-state index in [1.54, 1.807) is 0 Å². The Bertz CT molecular complexity index is 141. The van der Waals surface area contributed by atoms with Crippen LogP contribution < -0.4 is 0 Å². The smallest absolute Gasteiger partial charge is 0.450 e. The molecule has 12 heavy (non-hydrogen) atoms. The van der Waals surface area contributed by atoms with Crippen molar-refractivity contribution in [3.63, 3.8) is 0 Å². The van der Waals surface area contributed by atoms with E-state index < -0.39 is 6.16 Å². The Morgan fingerprint density at radius 1 is 1.50 bits per heavy atom. The summed E-state index contributed by atoms with van der Waals surface area (Å²) in [4.78, 5) is 10.1. The van der Waals surface area contributed by atoms with Crippen molar-refractivity contribution >= 4 is 6.16 Å². The second-order valence-electron chi connectivity index (χ2n) is 3.82. The zero-order chi connectivity index (χ0) is 9.61. The molecule has 0 aromatic heterocycles. The van der Waals surface area contributed by atoms with Crippen LogP contribution in [-0.4, -0.2) is 17.9 Å². The molecule has 1 N–H and O–H groups in total. The normalized spacial score (nSPS) is 11.2. The summed E-state index contributed by atoms with van der Waals surface area (Å²) in [7, 11) is 0. The van der Waals surface area contributed by atoms with Crippen LogP contribution in [0.1, 0.15) is 40.0 Å². The summed E-state index contributed by atoms with van der Waals surface area (Å²) in [5.41, 5.74) is -0.0194. The maximum Gasteiger partial charge on any atom is 0.505 e. The maximum atomic E-state index is 10.1. The lowest BCUT2D eigenvalue weighted by Gasteiger charge is -2.22. The number of unbranched alkanes of at least 4 members (excludes halogenated alkanes) is 1. The van der Waals surface area contributed by atoms with Gasteiger partial charge in [0.15, 0.2) is 0 Å². The average molecular weight is 174 g/mol. The van der Waals surface area contributed by atoms with Crippen LogP contribution in [0.15, 0.2) is 0 Å². The average Bonchev–Trinajstić information content (AvgIpc) is 1.98. The molecule has 0 aliphatic carbocycles. The highest BCUT2D eigenvalue weighted by molar-refractivity contribution is 5.56. The van der Waals surface area contributed by atoms with Gasteiger partial charge >= 0.3 is 6.16 Å². The van der Waals surface area contributed by atoms with E-state index in [-0.39, 0.29) is 5.41 Å². The minimum atomic E-state index is -1.18. The molecule has 0 amide bonds. The minimum absolute atomic E-state index is 0.0194. The maximum absolute atomic E-state index is 10.1. The van der Waals surface area contributed by atoms with E-state index in [1.807, 2.05) is 13.8 Å². The van der Waals surface area contributed by atoms with Crippen LogP contribution >= 0.6 is 0 Å². The molecule has 0 aliphatic heterocycles. The highest BCUT2D eigenvalue weighted by atomic mass is 16.7. The molecule has 0 bridgehead atoms. The predicted octanol–water partition coefficient (Wildman–Crippen LogP) is 2.90. The largest absolute Gasteiger partial charge is 0.505 e. The lowest BCUT2D eigenvalue weighted by molar-refractivity contribution is 0.0536. The van der Waals surface area contributed by atoms with Gasteiger partial charge in [-0.2, -0.15) is 0 Å². The molecule has 0 fully saturated rings. The fourth-order valence-corrected chi connectivity index (χ4v) is 0.985. The van der Waals surface area contributed by atoms with Crippen molar-refractivity contribution in [2.75, 3.05) is 6.61 Å². The van der Waals surface area contributed by atoms with E-state index in [1.165, 1.54) is 0 Å². The molecular weight excluding hydrogens is 156 g/mol. The lowest BCUT2D eigenvalue weighted by atomic mass is 9.88. The first-order valence-electron chi connectivity index (χ1n) is 4.33. The number of carboxylic acid groups (broad SMARTS) is 1. The molecule has 0 rings (SSSR count). The number of carbonyl (C=O) groups is 1. The van der Waals surface area contributed by atoms with Crippen molar-refractivity contribution in [1.29, 1.82) is 0 Å². The van der Waals surface area contributed by atoms with Crippen LogP contribution in [0.2, 0.25) is 0 Å². The van der Waals surface area contributed by atoms with E-state index in [9.17, 15) is 4.79 Å². The van der Waals surface area contributed by atoms with Gasteiger partial charge < -0.3 is 9.84 Å². The first-order valence-corrected chi connectivity index (χ1v) is 4.33. The van der Waals surface area contributed by atoms with Crippen LogP contribution in [0, 0.1) is 5.41 Å². The highest BCUT2D eigenvalue weighted by Crippen LogP contribution is 2.23. The fourth-order valence-electron chi connectivity index (χ4n) is 0.985. The van der Waals surface area contributed by atoms with E-state index >= 15 is 0 Å². The molecule has 0 atom stereocenters. The molecule has 72 valence electrons. The third-order valence-electron chi connectivity index (χ3n) is 1.79. The van der Waals surface area contributed by atoms with Crippen molar-refractivity contribution < 1.29 is 14.6 Å². The van der Waals surface area contributed by atoms with Crippen LogP contribution in [0.5, 0.6) is 0 Å². The van der Waals surface area contributed by atoms with Gasteiger partial charge in [0.1, 0.15) is 6.61 Å². The number of ether oxygens (including phenoxy) is 1. The Hall–Kier alpha value is -0.730. The van der Waals surface area contributed by atoms with Crippen molar-refractivity contribution in [2.24, 2.45) is 5.41 Å². The first-order chi connectivity index (χ1) is 5.48. The second kappa shape index (κ2) is 5.01. The standard InChI is InChI=1S/C9H18O3/c1-4-5-6-9(2,3)7-12-8(10)11/h4-7H2,1-3H3,(H,10,11). The van der Waals surface area contributed by atoms with E-state index in [4.69, 9.17) is 5.11 Å². The van der Waals surface area contributed by atoms with Gasteiger partial charge in [-0.3, -0.25) is 0 Å². The first kappa shape index (κ1) is 11.3. The molecule has 0 aromatic rings. The van der Waals surface area contributed by atoms with E-state index in [2.05, 4.69) is 11.7 Å². The summed E-state index contributed by atoms with van der Waals surface area (Å²) < 4.78 is 4.52. The van der Waals surface area contributed by atoms with Gasteiger partial charge in [0.05, 0.1) is 0 Å². The zero-order valence-electron chi connectivity index (χ0n) is 8.09. The quantitative estimate of drug-likeness (QED) is 0.652. The predicted molar refractivity (Wildman–Crippen MR) is 47.3 cm³/mol. The summed E-state index contributed by atoms with van der Waals surface area (Å²) in [6, 6.07) is 0. The summed E-state index contributed by atoms with van der Waals surface area (Å²) >= 11 is 0. The second-order valence-corrected chi connectivity index (χ2v) is 3.82. The van der Waals surface area contributed by atoms with Gasteiger partial charge in [-0.1, -0.05) is 33.6 Å². The Kier molecular flexibility index (Phi) is 4.71. The molecule has 0 unspecified atom stereocenters. The molecule has 0 heterocycles. The van der Waals surface area contributed by atoms with Gasteiger partial charge in [0.25, 0.3) is 0 Å². The molecule has 0 radical (unpaired) electrons. The fraction of sp³-hybridized carbons (Fsp3) is 0.889. The SMILES string of the molecule is CCCCC(C)(C)COC(=O)O. The lowest BCUT2D eigenvalue weighted by Crippen LogP contribution is -2.21. The molecule has 0 spiro atoms. The molecule has 3 heteroatoms. The van der Waals surface area contributed by atoms with E-state index in [0.717, 1.165) is 19.3 Å².